The molecule has 1 aromatic carbocycles. The third-order valence-corrected chi connectivity index (χ3v) is 2.91. The fourth-order valence-electron chi connectivity index (χ4n) is 1.74. The average molecular weight is 247 g/mol. The summed E-state index contributed by atoms with van der Waals surface area (Å²) in [6.07, 6.45) is 1.67. The van der Waals surface area contributed by atoms with Crippen molar-refractivity contribution < 1.29 is 9.53 Å². The van der Waals surface area contributed by atoms with Crippen LogP contribution in [0.3, 0.4) is 0 Å². The largest absolute Gasteiger partial charge is 0.468 e. The van der Waals surface area contributed by atoms with Crippen LogP contribution in [0, 0.1) is 0 Å². The average Bonchev–Trinajstić information content (AvgIpc) is 2.82. The Morgan fingerprint density at radius 2 is 2.28 bits per heavy atom. The molecule has 0 aliphatic rings. The zero-order valence-electron chi connectivity index (χ0n) is 10.8. The molecule has 0 radical (unpaired) electrons. The number of benzene rings is 1. The minimum atomic E-state index is -0.697. The number of rotatable bonds is 4. The molecule has 0 spiro atoms. The maximum atomic E-state index is 11.5. The minimum absolute atomic E-state index is 0.273. The van der Waals surface area contributed by atoms with Crippen molar-refractivity contribution >= 4 is 17.0 Å². The molecule has 2 N–H and O–H groups in total. The molecule has 5 heteroatoms. The van der Waals surface area contributed by atoms with Gasteiger partial charge in [0, 0.05) is 6.54 Å². The summed E-state index contributed by atoms with van der Waals surface area (Å²) in [7, 11) is 1.39. The van der Waals surface area contributed by atoms with Gasteiger partial charge in [0.05, 0.1) is 24.5 Å². The fourth-order valence-corrected chi connectivity index (χ4v) is 1.74. The van der Waals surface area contributed by atoms with Crippen LogP contribution in [0.1, 0.15) is 19.4 Å². The molecule has 0 fully saturated rings. The highest BCUT2D eigenvalue weighted by molar-refractivity contribution is 5.79. The van der Waals surface area contributed by atoms with Crippen LogP contribution in [0.2, 0.25) is 0 Å². The summed E-state index contributed by atoms with van der Waals surface area (Å²) in [5, 5.41) is 3.17. The SMILES string of the molecule is COC(=O)C(C)(C)NCc1ccc2nc[nH]c2c1. The smallest absolute Gasteiger partial charge is 0.325 e. The molecule has 18 heavy (non-hydrogen) atoms. The van der Waals surface area contributed by atoms with Gasteiger partial charge in [-0.3, -0.25) is 10.1 Å². The van der Waals surface area contributed by atoms with Crippen LogP contribution >= 0.6 is 0 Å². The number of methoxy groups -OCH3 is 1. The van der Waals surface area contributed by atoms with Crippen LogP contribution in [0.5, 0.6) is 0 Å². The van der Waals surface area contributed by atoms with E-state index in [-0.39, 0.29) is 5.97 Å². The van der Waals surface area contributed by atoms with E-state index in [1.165, 1.54) is 7.11 Å². The lowest BCUT2D eigenvalue weighted by atomic mass is 10.1. The van der Waals surface area contributed by atoms with E-state index >= 15 is 0 Å². The second-order valence-corrected chi connectivity index (χ2v) is 4.72. The van der Waals surface area contributed by atoms with Crippen LogP contribution in [-0.4, -0.2) is 28.6 Å². The zero-order chi connectivity index (χ0) is 13.2. The number of aromatic nitrogens is 2. The van der Waals surface area contributed by atoms with E-state index in [4.69, 9.17) is 4.74 Å². The highest BCUT2D eigenvalue weighted by Gasteiger charge is 2.27. The van der Waals surface area contributed by atoms with Crippen LogP contribution in [0.15, 0.2) is 24.5 Å². The Hall–Kier alpha value is -1.88. The third kappa shape index (κ3) is 2.51. The van der Waals surface area contributed by atoms with Gasteiger partial charge in [0.1, 0.15) is 5.54 Å². The lowest BCUT2D eigenvalue weighted by Crippen LogP contribution is -2.46. The van der Waals surface area contributed by atoms with Gasteiger partial charge in [0.15, 0.2) is 0 Å². The van der Waals surface area contributed by atoms with Crippen molar-refractivity contribution in [2.24, 2.45) is 0 Å². The number of hydrogen-bond donors (Lipinski definition) is 2. The van der Waals surface area contributed by atoms with Gasteiger partial charge in [-0.2, -0.15) is 0 Å². The zero-order valence-corrected chi connectivity index (χ0v) is 10.8. The predicted molar refractivity (Wildman–Crippen MR) is 69.0 cm³/mol. The molecule has 1 heterocycles. The summed E-state index contributed by atoms with van der Waals surface area (Å²) in [6, 6.07) is 5.96. The highest BCUT2D eigenvalue weighted by Crippen LogP contribution is 2.13. The van der Waals surface area contributed by atoms with Crippen LogP contribution < -0.4 is 5.32 Å². The van der Waals surface area contributed by atoms with Crippen molar-refractivity contribution in [1.82, 2.24) is 15.3 Å². The van der Waals surface area contributed by atoms with Crippen molar-refractivity contribution in [1.29, 1.82) is 0 Å². The third-order valence-electron chi connectivity index (χ3n) is 2.91. The minimum Gasteiger partial charge on any atom is -0.468 e. The first-order valence-electron chi connectivity index (χ1n) is 5.78. The Balaban J connectivity index is 2.07. The first kappa shape index (κ1) is 12.6. The van der Waals surface area contributed by atoms with E-state index in [2.05, 4.69) is 15.3 Å². The molecule has 0 saturated heterocycles. The molecular weight excluding hydrogens is 230 g/mol. The molecule has 1 aromatic heterocycles. The molecule has 0 bridgehead atoms. The number of nitrogens with one attached hydrogen (secondary N) is 2. The molecule has 0 atom stereocenters. The summed E-state index contributed by atoms with van der Waals surface area (Å²) in [5.41, 5.74) is 2.32. The van der Waals surface area contributed by atoms with E-state index in [0.717, 1.165) is 16.6 Å². The number of nitrogens with zero attached hydrogens (tertiary/aromatic N) is 1. The number of ether oxygens (including phenoxy) is 1. The Bertz CT molecular complexity index is 560. The van der Waals surface area contributed by atoms with Gasteiger partial charge in [-0.25, -0.2) is 4.98 Å². The second kappa shape index (κ2) is 4.78. The Morgan fingerprint density at radius 3 is 3.00 bits per heavy atom. The molecule has 0 amide bonds. The van der Waals surface area contributed by atoms with E-state index < -0.39 is 5.54 Å². The highest BCUT2D eigenvalue weighted by atomic mass is 16.5. The molecule has 0 saturated carbocycles. The standard InChI is InChI=1S/C13H17N3O2/c1-13(2,12(17)18-3)16-7-9-4-5-10-11(6-9)15-8-14-10/h4-6,8,16H,7H2,1-3H3,(H,14,15). The maximum absolute atomic E-state index is 11.5. The number of carbonyl (C=O) groups is 1. The second-order valence-electron chi connectivity index (χ2n) is 4.72. The lowest BCUT2D eigenvalue weighted by Gasteiger charge is -2.23. The summed E-state index contributed by atoms with van der Waals surface area (Å²) < 4.78 is 4.74. The Morgan fingerprint density at radius 1 is 1.50 bits per heavy atom. The van der Waals surface area contributed by atoms with Crippen LogP contribution in [0.4, 0.5) is 0 Å². The van der Waals surface area contributed by atoms with Gasteiger partial charge in [0.25, 0.3) is 0 Å². The fraction of sp³-hybridized carbons (Fsp3) is 0.385. The number of H-pyrrole nitrogens is 1. The Kier molecular flexibility index (Phi) is 3.34. The number of aromatic amines is 1. The summed E-state index contributed by atoms with van der Waals surface area (Å²) in [6.45, 7) is 4.19. The molecule has 96 valence electrons. The summed E-state index contributed by atoms with van der Waals surface area (Å²) >= 11 is 0. The summed E-state index contributed by atoms with van der Waals surface area (Å²) in [5.74, 6) is -0.273. The number of hydrogen-bond acceptors (Lipinski definition) is 4. The van der Waals surface area contributed by atoms with Crippen molar-refractivity contribution in [2.45, 2.75) is 25.9 Å². The van der Waals surface area contributed by atoms with E-state index in [1.54, 1.807) is 20.2 Å². The van der Waals surface area contributed by atoms with E-state index in [9.17, 15) is 4.79 Å². The van der Waals surface area contributed by atoms with Gasteiger partial charge in [0.2, 0.25) is 0 Å². The topological polar surface area (TPSA) is 67.0 Å². The van der Waals surface area contributed by atoms with Crippen molar-refractivity contribution in [3.8, 4) is 0 Å². The Labute approximate surface area is 106 Å². The van der Waals surface area contributed by atoms with Crippen molar-refractivity contribution in [3.05, 3.63) is 30.1 Å². The first-order valence-corrected chi connectivity index (χ1v) is 5.78. The van der Waals surface area contributed by atoms with Crippen LogP contribution in [0.25, 0.3) is 11.0 Å². The quantitative estimate of drug-likeness (QED) is 0.805. The van der Waals surface area contributed by atoms with Gasteiger partial charge >= 0.3 is 5.97 Å². The summed E-state index contributed by atoms with van der Waals surface area (Å²) in [4.78, 5) is 18.7. The molecular formula is C13H17N3O2. The van der Waals surface area contributed by atoms with Gasteiger partial charge in [-0.1, -0.05) is 6.07 Å². The van der Waals surface area contributed by atoms with Crippen molar-refractivity contribution in [3.63, 3.8) is 0 Å². The number of esters is 1. The lowest BCUT2D eigenvalue weighted by molar-refractivity contribution is -0.147. The molecule has 0 aliphatic heterocycles. The monoisotopic (exact) mass is 247 g/mol. The van der Waals surface area contributed by atoms with E-state index in [1.807, 2.05) is 18.2 Å². The maximum Gasteiger partial charge on any atom is 0.325 e. The van der Waals surface area contributed by atoms with Gasteiger partial charge < -0.3 is 9.72 Å². The molecule has 0 unspecified atom stereocenters. The van der Waals surface area contributed by atoms with E-state index in [0.29, 0.717) is 6.54 Å². The predicted octanol–water partition coefficient (Wildman–Crippen LogP) is 1.60. The van der Waals surface area contributed by atoms with Crippen LogP contribution in [-0.2, 0) is 16.1 Å². The number of fused-ring (bicyclic) bond motifs is 1. The number of carbonyl (C=O) groups excluding carboxylic acids is 1. The van der Waals surface area contributed by atoms with Gasteiger partial charge in [-0.15, -0.1) is 0 Å². The van der Waals surface area contributed by atoms with Gasteiger partial charge in [-0.05, 0) is 31.5 Å². The normalized spacial score (nSPS) is 11.7. The molecule has 0 aliphatic carbocycles. The molecule has 5 nitrogen and oxygen atoms in total. The van der Waals surface area contributed by atoms with Crippen molar-refractivity contribution in [2.75, 3.05) is 7.11 Å². The number of imidazole rings is 1. The molecule has 2 rings (SSSR count). The first-order chi connectivity index (χ1) is 8.53. The molecule has 2 aromatic rings.